The SMILES string of the molecule is COCCN(Cc1ccon1)CC1CCCN(C2Cc3ccccc3C2)C1. The van der Waals surface area contributed by atoms with Crippen molar-refractivity contribution in [2.75, 3.05) is 39.9 Å². The Hall–Kier alpha value is -1.69. The van der Waals surface area contributed by atoms with Gasteiger partial charge in [-0.3, -0.25) is 9.80 Å². The van der Waals surface area contributed by atoms with Crippen molar-refractivity contribution in [2.45, 2.75) is 38.3 Å². The topological polar surface area (TPSA) is 41.7 Å². The molecule has 1 fully saturated rings. The highest BCUT2D eigenvalue weighted by molar-refractivity contribution is 5.33. The fraction of sp³-hybridized carbons (Fsp3) is 0.591. The molecule has 4 rings (SSSR count). The standard InChI is InChI=1S/C22H31N3O2/c1-26-12-10-24(17-21-8-11-27-23-21)15-18-5-4-9-25(16-18)22-13-19-6-2-3-7-20(19)14-22/h2-3,6-8,11,18,22H,4-5,9-10,12-17H2,1H3. The summed E-state index contributed by atoms with van der Waals surface area (Å²) >= 11 is 0. The predicted molar refractivity (Wildman–Crippen MR) is 106 cm³/mol. The summed E-state index contributed by atoms with van der Waals surface area (Å²) in [5.41, 5.74) is 4.11. The molecule has 1 saturated heterocycles. The number of rotatable bonds is 8. The lowest BCUT2D eigenvalue weighted by molar-refractivity contribution is 0.0834. The number of piperidine rings is 1. The maximum atomic E-state index is 5.32. The maximum absolute atomic E-state index is 5.32. The van der Waals surface area contributed by atoms with Crippen LogP contribution in [0.5, 0.6) is 0 Å². The molecule has 0 radical (unpaired) electrons. The van der Waals surface area contributed by atoms with Crippen LogP contribution in [0.15, 0.2) is 41.1 Å². The Labute approximate surface area is 162 Å². The summed E-state index contributed by atoms with van der Waals surface area (Å²) in [5.74, 6) is 0.714. The van der Waals surface area contributed by atoms with E-state index in [-0.39, 0.29) is 0 Å². The molecule has 0 bridgehead atoms. The summed E-state index contributed by atoms with van der Waals surface area (Å²) in [4.78, 5) is 5.22. The zero-order valence-electron chi connectivity index (χ0n) is 16.3. The summed E-state index contributed by atoms with van der Waals surface area (Å²) in [5, 5.41) is 4.09. The van der Waals surface area contributed by atoms with E-state index in [1.807, 2.05) is 6.07 Å². The summed E-state index contributed by atoms with van der Waals surface area (Å²) in [6.07, 6.45) is 6.71. The van der Waals surface area contributed by atoms with Crippen LogP contribution in [-0.2, 0) is 24.1 Å². The number of fused-ring (bicyclic) bond motifs is 1. The van der Waals surface area contributed by atoms with Gasteiger partial charge in [-0.1, -0.05) is 29.4 Å². The Kier molecular flexibility index (Phi) is 6.22. The smallest absolute Gasteiger partial charge is 0.124 e. The van der Waals surface area contributed by atoms with Crippen LogP contribution in [0.1, 0.15) is 29.7 Å². The first-order valence-corrected chi connectivity index (χ1v) is 10.2. The molecule has 27 heavy (non-hydrogen) atoms. The van der Waals surface area contributed by atoms with Gasteiger partial charge in [-0.05, 0) is 49.3 Å². The van der Waals surface area contributed by atoms with Gasteiger partial charge in [0.15, 0.2) is 0 Å². The summed E-state index contributed by atoms with van der Waals surface area (Å²) in [6, 6.07) is 11.6. The molecule has 2 aliphatic rings. The highest BCUT2D eigenvalue weighted by Gasteiger charge is 2.31. The van der Waals surface area contributed by atoms with Gasteiger partial charge in [0.25, 0.3) is 0 Å². The minimum absolute atomic E-state index is 0.688. The quantitative estimate of drug-likeness (QED) is 0.716. The van der Waals surface area contributed by atoms with E-state index in [1.165, 1.54) is 38.8 Å². The number of benzene rings is 1. The van der Waals surface area contributed by atoms with Crippen LogP contribution >= 0.6 is 0 Å². The molecule has 1 unspecified atom stereocenters. The van der Waals surface area contributed by atoms with Crippen molar-refractivity contribution in [1.29, 1.82) is 0 Å². The Morgan fingerprint density at radius 2 is 2.04 bits per heavy atom. The van der Waals surface area contributed by atoms with Gasteiger partial charge in [0.2, 0.25) is 0 Å². The van der Waals surface area contributed by atoms with Gasteiger partial charge in [0.05, 0.1) is 12.3 Å². The average Bonchev–Trinajstić information content (AvgIpc) is 3.35. The van der Waals surface area contributed by atoms with Gasteiger partial charge >= 0.3 is 0 Å². The largest absolute Gasteiger partial charge is 0.383 e. The van der Waals surface area contributed by atoms with E-state index in [4.69, 9.17) is 9.26 Å². The number of likely N-dealkylation sites (tertiary alicyclic amines) is 1. The Morgan fingerprint density at radius 1 is 1.22 bits per heavy atom. The molecule has 0 spiro atoms. The normalized spacial score (nSPS) is 21.0. The molecule has 1 atom stereocenters. The predicted octanol–water partition coefficient (Wildman–Crippen LogP) is 3.00. The molecule has 0 saturated carbocycles. The molecular formula is C22H31N3O2. The van der Waals surface area contributed by atoms with Gasteiger partial charge in [-0.15, -0.1) is 0 Å². The van der Waals surface area contributed by atoms with Crippen molar-refractivity contribution in [2.24, 2.45) is 5.92 Å². The molecule has 1 aliphatic heterocycles. The first kappa shape index (κ1) is 18.7. The highest BCUT2D eigenvalue weighted by atomic mass is 16.5. The summed E-state index contributed by atoms with van der Waals surface area (Å²) < 4.78 is 10.3. The van der Waals surface area contributed by atoms with Gasteiger partial charge in [-0.25, -0.2) is 0 Å². The lowest BCUT2D eigenvalue weighted by atomic mass is 9.95. The molecule has 2 heterocycles. The first-order chi connectivity index (χ1) is 13.3. The zero-order valence-corrected chi connectivity index (χ0v) is 16.3. The maximum Gasteiger partial charge on any atom is 0.124 e. The second-order valence-electron chi connectivity index (χ2n) is 8.05. The second-order valence-corrected chi connectivity index (χ2v) is 8.05. The molecule has 146 valence electrons. The average molecular weight is 370 g/mol. The number of hydrogen-bond acceptors (Lipinski definition) is 5. The van der Waals surface area contributed by atoms with E-state index >= 15 is 0 Å². The molecular weight excluding hydrogens is 338 g/mol. The monoisotopic (exact) mass is 369 g/mol. The molecule has 5 nitrogen and oxygen atoms in total. The number of nitrogens with zero attached hydrogens (tertiary/aromatic N) is 3. The van der Waals surface area contributed by atoms with Crippen molar-refractivity contribution in [1.82, 2.24) is 15.0 Å². The molecule has 1 aromatic heterocycles. The molecule has 2 aromatic rings. The van der Waals surface area contributed by atoms with E-state index in [1.54, 1.807) is 24.5 Å². The first-order valence-electron chi connectivity index (χ1n) is 10.2. The third kappa shape index (κ3) is 4.78. The number of ether oxygens (including phenoxy) is 1. The van der Waals surface area contributed by atoms with Crippen molar-refractivity contribution in [3.8, 4) is 0 Å². The van der Waals surface area contributed by atoms with Gasteiger partial charge in [0, 0.05) is 45.4 Å². The summed E-state index contributed by atoms with van der Waals surface area (Å²) in [6.45, 7) is 6.09. The third-order valence-corrected chi connectivity index (χ3v) is 6.10. The lowest BCUT2D eigenvalue weighted by Gasteiger charge is -2.38. The van der Waals surface area contributed by atoms with E-state index < -0.39 is 0 Å². The van der Waals surface area contributed by atoms with E-state index in [0.717, 1.165) is 31.9 Å². The van der Waals surface area contributed by atoms with Crippen LogP contribution in [0.4, 0.5) is 0 Å². The molecule has 1 aliphatic carbocycles. The summed E-state index contributed by atoms with van der Waals surface area (Å²) in [7, 11) is 1.77. The Bertz CT molecular complexity index is 678. The second kappa shape index (κ2) is 9.00. The van der Waals surface area contributed by atoms with Gasteiger partial charge in [-0.2, -0.15) is 0 Å². The van der Waals surface area contributed by atoms with Crippen molar-refractivity contribution in [3.05, 3.63) is 53.4 Å². The molecule has 1 aromatic carbocycles. The van der Waals surface area contributed by atoms with Crippen molar-refractivity contribution in [3.63, 3.8) is 0 Å². The van der Waals surface area contributed by atoms with Crippen LogP contribution in [-0.4, -0.2) is 60.9 Å². The Morgan fingerprint density at radius 3 is 2.74 bits per heavy atom. The number of aromatic nitrogens is 1. The fourth-order valence-electron chi connectivity index (χ4n) is 4.74. The van der Waals surface area contributed by atoms with Crippen LogP contribution in [0.2, 0.25) is 0 Å². The van der Waals surface area contributed by atoms with Crippen LogP contribution < -0.4 is 0 Å². The molecule has 0 N–H and O–H groups in total. The minimum Gasteiger partial charge on any atom is -0.383 e. The fourth-order valence-corrected chi connectivity index (χ4v) is 4.74. The number of hydrogen-bond donors (Lipinski definition) is 0. The zero-order chi connectivity index (χ0) is 18.5. The van der Waals surface area contributed by atoms with E-state index in [9.17, 15) is 0 Å². The molecule has 0 amide bonds. The van der Waals surface area contributed by atoms with Crippen LogP contribution in [0.25, 0.3) is 0 Å². The number of methoxy groups -OCH3 is 1. The van der Waals surface area contributed by atoms with E-state index in [0.29, 0.717) is 12.0 Å². The Balaban J connectivity index is 1.34. The van der Waals surface area contributed by atoms with Gasteiger partial charge < -0.3 is 9.26 Å². The van der Waals surface area contributed by atoms with Crippen molar-refractivity contribution < 1.29 is 9.26 Å². The van der Waals surface area contributed by atoms with Crippen molar-refractivity contribution >= 4 is 0 Å². The third-order valence-electron chi connectivity index (χ3n) is 6.10. The van der Waals surface area contributed by atoms with Crippen LogP contribution in [0, 0.1) is 5.92 Å². The lowest BCUT2D eigenvalue weighted by Crippen LogP contribution is -2.46. The van der Waals surface area contributed by atoms with E-state index in [2.05, 4.69) is 39.2 Å². The molecule has 5 heteroatoms. The van der Waals surface area contributed by atoms with Crippen LogP contribution in [0.3, 0.4) is 0 Å². The minimum atomic E-state index is 0.688. The van der Waals surface area contributed by atoms with Gasteiger partial charge in [0.1, 0.15) is 6.26 Å². The highest BCUT2D eigenvalue weighted by Crippen LogP contribution is 2.29.